The number of methoxy groups -OCH3 is 1. The van der Waals surface area contributed by atoms with Crippen LogP contribution in [0.1, 0.15) is 67.6 Å². The number of carboxylic acids is 1. The molecule has 190 valence electrons. The van der Waals surface area contributed by atoms with Gasteiger partial charge in [-0.15, -0.1) is 0 Å². The van der Waals surface area contributed by atoms with Crippen molar-refractivity contribution >= 4 is 11.8 Å². The number of alkyl halides is 1. The SMILES string of the molecule is CCc1ncccc1[C@H](C(=O)O)N1CCC([C@H](F)CCCCc2cc(OC)c3c(n2)NCCC3)C1. The van der Waals surface area contributed by atoms with Crippen LogP contribution in [0.2, 0.25) is 0 Å². The Morgan fingerprint density at radius 2 is 2.26 bits per heavy atom. The molecule has 3 atom stereocenters. The van der Waals surface area contributed by atoms with Gasteiger partial charge in [0.15, 0.2) is 0 Å². The van der Waals surface area contributed by atoms with E-state index in [2.05, 4.69) is 10.3 Å². The fraction of sp³-hybridized carbons (Fsp3) is 0.593. The third kappa shape index (κ3) is 5.92. The molecular weight excluding hydrogens is 447 g/mol. The fourth-order valence-electron chi connectivity index (χ4n) is 5.48. The lowest BCUT2D eigenvalue weighted by atomic mass is 9.97. The number of aryl methyl sites for hydroxylation is 2. The molecular formula is C27H37FN4O3. The predicted molar refractivity (Wildman–Crippen MR) is 134 cm³/mol. The molecule has 2 aromatic rings. The minimum absolute atomic E-state index is 0.134. The normalized spacial score (nSPS) is 19.6. The number of unbranched alkanes of at least 4 members (excludes halogenated alkanes) is 1. The van der Waals surface area contributed by atoms with Gasteiger partial charge >= 0.3 is 5.97 Å². The van der Waals surface area contributed by atoms with E-state index in [4.69, 9.17) is 9.72 Å². The molecule has 7 nitrogen and oxygen atoms in total. The van der Waals surface area contributed by atoms with E-state index < -0.39 is 18.2 Å². The van der Waals surface area contributed by atoms with Crippen LogP contribution in [0.4, 0.5) is 10.2 Å². The van der Waals surface area contributed by atoms with Crippen molar-refractivity contribution in [1.82, 2.24) is 14.9 Å². The van der Waals surface area contributed by atoms with Gasteiger partial charge in [-0.05, 0) is 57.6 Å². The molecule has 35 heavy (non-hydrogen) atoms. The van der Waals surface area contributed by atoms with Gasteiger partial charge in [0, 0.05) is 53.8 Å². The van der Waals surface area contributed by atoms with Crippen molar-refractivity contribution < 1.29 is 19.0 Å². The van der Waals surface area contributed by atoms with Crippen LogP contribution < -0.4 is 10.1 Å². The highest BCUT2D eigenvalue weighted by molar-refractivity contribution is 5.76. The number of halogens is 1. The van der Waals surface area contributed by atoms with Crippen molar-refractivity contribution in [3.05, 3.63) is 46.9 Å². The molecule has 2 aliphatic rings. The number of aliphatic carboxylic acids is 1. The summed E-state index contributed by atoms with van der Waals surface area (Å²) >= 11 is 0. The Labute approximate surface area is 207 Å². The maximum absolute atomic E-state index is 15.1. The summed E-state index contributed by atoms with van der Waals surface area (Å²) in [4.78, 5) is 23.1. The highest BCUT2D eigenvalue weighted by Gasteiger charge is 2.37. The van der Waals surface area contributed by atoms with E-state index in [0.29, 0.717) is 32.4 Å². The molecule has 0 aliphatic carbocycles. The summed E-state index contributed by atoms with van der Waals surface area (Å²) in [6, 6.07) is 4.86. The minimum atomic E-state index is -0.929. The maximum atomic E-state index is 15.1. The summed E-state index contributed by atoms with van der Waals surface area (Å²) < 4.78 is 20.7. The first-order chi connectivity index (χ1) is 17.0. The van der Waals surface area contributed by atoms with Gasteiger partial charge in [-0.25, -0.2) is 9.37 Å². The van der Waals surface area contributed by atoms with Crippen molar-refractivity contribution in [3.63, 3.8) is 0 Å². The lowest BCUT2D eigenvalue weighted by Crippen LogP contribution is -2.34. The van der Waals surface area contributed by atoms with Crippen LogP contribution in [0, 0.1) is 5.92 Å². The summed E-state index contributed by atoms with van der Waals surface area (Å²) in [6.07, 6.45) is 7.09. The standard InChI is InChI=1S/C27H37FN4O3/c1-3-23-20(9-6-13-29-23)25(27(33)34)32-15-12-18(17-32)22(28)11-5-4-8-19-16-24(35-2)21-10-7-14-30-26(21)31-19/h6,9,13,16,18,22,25H,3-5,7-8,10-12,14-15,17H2,1-2H3,(H,30,31)(H,33,34)/t18?,22-,25-/m1/s1. The molecule has 2 aromatic heterocycles. The Kier molecular flexibility index (Phi) is 8.55. The number of ether oxygens (including phenoxy) is 1. The first-order valence-corrected chi connectivity index (χ1v) is 12.9. The molecule has 4 rings (SSSR count). The summed E-state index contributed by atoms with van der Waals surface area (Å²) in [7, 11) is 1.69. The monoisotopic (exact) mass is 484 g/mol. The number of likely N-dealkylation sites (tertiary alicyclic amines) is 1. The average molecular weight is 485 g/mol. The number of carbonyl (C=O) groups is 1. The molecule has 0 saturated carbocycles. The Morgan fingerprint density at radius 3 is 3.03 bits per heavy atom. The molecule has 2 N–H and O–H groups in total. The number of carboxylic acid groups (broad SMARTS) is 1. The van der Waals surface area contributed by atoms with E-state index in [1.807, 2.05) is 24.0 Å². The van der Waals surface area contributed by atoms with Gasteiger partial charge in [-0.3, -0.25) is 14.7 Å². The molecule has 1 unspecified atom stereocenters. The van der Waals surface area contributed by atoms with Crippen molar-refractivity contribution in [1.29, 1.82) is 0 Å². The largest absolute Gasteiger partial charge is 0.496 e. The van der Waals surface area contributed by atoms with Crippen LogP contribution in [0.25, 0.3) is 0 Å². The Hall–Kier alpha value is -2.74. The highest BCUT2D eigenvalue weighted by atomic mass is 19.1. The number of rotatable bonds is 11. The van der Waals surface area contributed by atoms with Crippen LogP contribution in [0.3, 0.4) is 0 Å². The number of aromatic nitrogens is 2. The quantitative estimate of drug-likeness (QED) is 0.451. The zero-order chi connectivity index (χ0) is 24.8. The smallest absolute Gasteiger partial charge is 0.325 e. The predicted octanol–water partition coefficient (Wildman–Crippen LogP) is 4.60. The van der Waals surface area contributed by atoms with Crippen LogP contribution in [-0.4, -0.2) is 58.9 Å². The van der Waals surface area contributed by atoms with Gasteiger partial charge in [0.1, 0.15) is 23.8 Å². The second-order valence-electron chi connectivity index (χ2n) is 9.61. The third-order valence-corrected chi connectivity index (χ3v) is 7.34. The second-order valence-corrected chi connectivity index (χ2v) is 9.61. The molecule has 2 aliphatic heterocycles. The maximum Gasteiger partial charge on any atom is 0.325 e. The molecule has 1 saturated heterocycles. The number of nitrogens with zero attached hydrogens (tertiary/aromatic N) is 3. The van der Waals surface area contributed by atoms with E-state index in [-0.39, 0.29) is 5.92 Å². The van der Waals surface area contributed by atoms with Crippen LogP contribution >= 0.6 is 0 Å². The third-order valence-electron chi connectivity index (χ3n) is 7.34. The molecule has 0 aromatic carbocycles. The topological polar surface area (TPSA) is 87.6 Å². The minimum Gasteiger partial charge on any atom is -0.496 e. The van der Waals surface area contributed by atoms with Crippen LogP contribution in [-0.2, 0) is 24.1 Å². The summed E-state index contributed by atoms with van der Waals surface area (Å²) in [5, 5.41) is 13.3. The molecule has 4 heterocycles. The highest BCUT2D eigenvalue weighted by Crippen LogP contribution is 2.34. The summed E-state index contributed by atoms with van der Waals surface area (Å²) in [5.74, 6) is 0.781. The van der Waals surface area contributed by atoms with E-state index in [0.717, 1.165) is 72.7 Å². The van der Waals surface area contributed by atoms with Gasteiger partial charge < -0.3 is 15.2 Å². The van der Waals surface area contributed by atoms with Gasteiger partial charge in [0.25, 0.3) is 0 Å². The van der Waals surface area contributed by atoms with Crippen molar-refractivity contribution in [2.45, 2.75) is 70.5 Å². The molecule has 0 bridgehead atoms. The molecule has 0 spiro atoms. The summed E-state index contributed by atoms with van der Waals surface area (Å²) in [5.41, 5.74) is 3.64. The van der Waals surface area contributed by atoms with E-state index in [1.165, 1.54) is 0 Å². The number of anilines is 1. The molecule has 8 heteroatoms. The Morgan fingerprint density at radius 1 is 1.40 bits per heavy atom. The number of fused-ring (bicyclic) bond motifs is 1. The number of nitrogens with one attached hydrogen (secondary N) is 1. The number of pyridine rings is 2. The number of hydrogen-bond donors (Lipinski definition) is 2. The lowest BCUT2D eigenvalue weighted by Gasteiger charge is -2.26. The van der Waals surface area contributed by atoms with Gasteiger partial charge in [-0.2, -0.15) is 0 Å². The summed E-state index contributed by atoms with van der Waals surface area (Å²) in [6.45, 7) is 3.95. The van der Waals surface area contributed by atoms with E-state index >= 15 is 4.39 Å². The molecule has 0 radical (unpaired) electrons. The Balaban J connectivity index is 1.29. The van der Waals surface area contributed by atoms with Crippen molar-refractivity contribution in [2.75, 3.05) is 32.1 Å². The average Bonchev–Trinajstić information content (AvgIpc) is 3.36. The van der Waals surface area contributed by atoms with Gasteiger partial charge in [0.2, 0.25) is 0 Å². The van der Waals surface area contributed by atoms with E-state index in [9.17, 15) is 9.90 Å². The van der Waals surface area contributed by atoms with Crippen molar-refractivity contribution in [3.8, 4) is 5.75 Å². The number of hydrogen-bond acceptors (Lipinski definition) is 6. The zero-order valence-corrected chi connectivity index (χ0v) is 20.8. The van der Waals surface area contributed by atoms with Crippen molar-refractivity contribution in [2.24, 2.45) is 5.92 Å². The molecule has 0 amide bonds. The lowest BCUT2D eigenvalue weighted by molar-refractivity contribution is -0.143. The first-order valence-electron chi connectivity index (χ1n) is 12.9. The van der Waals surface area contributed by atoms with Gasteiger partial charge in [0.05, 0.1) is 7.11 Å². The van der Waals surface area contributed by atoms with Crippen LogP contribution in [0.15, 0.2) is 24.4 Å². The second kappa shape index (κ2) is 11.8. The first kappa shape index (κ1) is 25.4. The fourth-order valence-corrected chi connectivity index (χ4v) is 5.48. The van der Waals surface area contributed by atoms with Crippen LogP contribution in [0.5, 0.6) is 5.75 Å². The van der Waals surface area contributed by atoms with Gasteiger partial charge in [-0.1, -0.05) is 19.4 Å². The Bertz CT molecular complexity index is 1000. The molecule has 1 fully saturated rings. The zero-order valence-electron chi connectivity index (χ0n) is 20.8. The van der Waals surface area contributed by atoms with E-state index in [1.54, 1.807) is 19.4 Å².